The van der Waals surface area contributed by atoms with Crippen LogP contribution in [0, 0.1) is 12.7 Å². The number of hydrogen-bond acceptors (Lipinski definition) is 3. The number of rotatable bonds is 3. The number of thiophene rings is 1. The Kier molecular flexibility index (Phi) is 4.85. The number of benzene rings is 1. The molecule has 1 aromatic heterocycles. The molecule has 0 amide bonds. The molecule has 0 saturated carbocycles. The molecule has 1 aromatic carbocycles. The van der Waals surface area contributed by atoms with Crippen molar-refractivity contribution in [1.82, 2.24) is 4.31 Å². The van der Waals surface area contributed by atoms with Crippen molar-refractivity contribution in [3.63, 3.8) is 0 Å². The summed E-state index contributed by atoms with van der Waals surface area (Å²) in [6, 6.07) is 7.04. The van der Waals surface area contributed by atoms with Gasteiger partial charge in [-0.2, -0.15) is 4.31 Å². The van der Waals surface area contributed by atoms with E-state index >= 15 is 0 Å². The standard InChI is InChI=1S/C17H20FNO2S2/c1-13-10-12-22-17(13)16-5-3-2-4-11-19(16)23(20,21)15-8-6-14(18)7-9-15/h6-10,12,16H,2-5,11H2,1H3/t16-/m0/s1. The molecule has 1 atom stereocenters. The summed E-state index contributed by atoms with van der Waals surface area (Å²) in [7, 11) is -3.62. The Labute approximate surface area is 140 Å². The van der Waals surface area contributed by atoms with Crippen molar-refractivity contribution in [3.05, 3.63) is 52.0 Å². The Morgan fingerprint density at radius 3 is 2.52 bits per heavy atom. The molecule has 0 aliphatic carbocycles. The predicted octanol–water partition coefficient (Wildman–Crippen LogP) is 4.50. The molecule has 2 heterocycles. The average molecular weight is 353 g/mol. The molecule has 0 spiro atoms. The summed E-state index contributed by atoms with van der Waals surface area (Å²) < 4.78 is 40.9. The molecule has 23 heavy (non-hydrogen) atoms. The second-order valence-electron chi connectivity index (χ2n) is 5.90. The molecule has 6 heteroatoms. The maximum Gasteiger partial charge on any atom is 0.243 e. The quantitative estimate of drug-likeness (QED) is 0.814. The summed E-state index contributed by atoms with van der Waals surface area (Å²) in [6.07, 6.45) is 3.76. The van der Waals surface area contributed by atoms with Crippen molar-refractivity contribution in [1.29, 1.82) is 0 Å². The lowest BCUT2D eigenvalue weighted by atomic mass is 10.1. The Bertz CT molecular complexity index is 768. The fourth-order valence-electron chi connectivity index (χ4n) is 3.10. The SMILES string of the molecule is Cc1ccsc1[C@@H]1CCCCCN1S(=O)(=O)c1ccc(F)cc1. The summed E-state index contributed by atoms with van der Waals surface area (Å²) in [4.78, 5) is 1.29. The second kappa shape index (κ2) is 6.71. The van der Waals surface area contributed by atoms with Gasteiger partial charge in [0.15, 0.2) is 0 Å². The van der Waals surface area contributed by atoms with Gasteiger partial charge in [0.25, 0.3) is 0 Å². The van der Waals surface area contributed by atoms with Gasteiger partial charge >= 0.3 is 0 Å². The van der Waals surface area contributed by atoms with E-state index in [2.05, 4.69) is 0 Å². The van der Waals surface area contributed by atoms with Gasteiger partial charge in [0.2, 0.25) is 10.0 Å². The van der Waals surface area contributed by atoms with Crippen molar-refractivity contribution < 1.29 is 12.8 Å². The number of nitrogens with zero attached hydrogens (tertiary/aromatic N) is 1. The van der Waals surface area contributed by atoms with Gasteiger partial charge in [0, 0.05) is 11.4 Å². The number of hydrogen-bond donors (Lipinski definition) is 0. The summed E-state index contributed by atoms with van der Waals surface area (Å²) in [6.45, 7) is 2.54. The average Bonchev–Trinajstić information content (AvgIpc) is 2.80. The van der Waals surface area contributed by atoms with Gasteiger partial charge < -0.3 is 0 Å². The summed E-state index contributed by atoms with van der Waals surface area (Å²) in [5, 5.41) is 2.01. The first-order valence-electron chi connectivity index (χ1n) is 7.81. The van der Waals surface area contributed by atoms with E-state index < -0.39 is 15.8 Å². The van der Waals surface area contributed by atoms with Crippen LogP contribution in [-0.4, -0.2) is 19.3 Å². The minimum Gasteiger partial charge on any atom is -0.207 e. The molecule has 1 fully saturated rings. The lowest BCUT2D eigenvalue weighted by Crippen LogP contribution is -2.34. The molecule has 1 aliphatic heterocycles. The highest BCUT2D eigenvalue weighted by atomic mass is 32.2. The van der Waals surface area contributed by atoms with E-state index in [0.717, 1.165) is 36.1 Å². The zero-order valence-electron chi connectivity index (χ0n) is 13.0. The van der Waals surface area contributed by atoms with Crippen LogP contribution < -0.4 is 0 Å². The fraction of sp³-hybridized carbons (Fsp3) is 0.412. The van der Waals surface area contributed by atoms with E-state index in [1.165, 1.54) is 24.3 Å². The number of aryl methyl sites for hydroxylation is 1. The summed E-state index contributed by atoms with van der Waals surface area (Å²) >= 11 is 1.62. The third-order valence-corrected chi connectivity index (χ3v) is 7.37. The zero-order chi connectivity index (χ0) is 16.4. The van der Waals surface area contributed by atoms with E-state index in [9.17, 15) is 12.8 Å². The predicted molar refractivity (Wildman–Crippen MR) is 90.6 cm³/mol. The third kappa shape index (κ3) is 3.34. The van der Waals surface area contributed by atoms with Gasteiger partial charge in [-0.3, -0.25) is 0 Å². The smallest absolute Gasteiger partial charge is 0.207 e. The van der Waals surface area contributed by atoms with E-state index in [-0.39, 0.29) is 10.9 Å². The topological polar surface area (TPSA) is 37.4 Å². The maximum atomic E-state index is 13.1. The largest absolute Gasteiger partial charge is 0.243 e. The van der Waals surface area contributed by atoms with Gasteiger partial charge in [-0.15, -0.1) is 11.3 Å². The molecule has 0 N–H and O–H groups in total. The van der Waals surface area contributed by atoms with Gasteiger partial charge in [-0.05, 0) is 61.0 Å². The van der Waals surface area contributed by atoms with Crippen molar-refractivity contribution in [2.75, 3.05) is 6.54 Å². The molecule has 3 rings (SSSR count). The van der Waals surface area contributed by atoms with Crippen molar-refractivity contribution in [3.8, 4) is 0 Å². The summed E-state index contributed by atoms with van der Waals surface area (Å²) in [5.41, 5.74) is 1.14. The van der Waals surface area contributed by atoms with Gasteiger partial charge in [-0.1, -0.05) is 12.8 Å². The third-order valence-electron chi connectivity index (χ3n) is 4.33. The van der Waals surface area contributed by atoms with Crippen LogP contribution in [0.1, 0.15) is 42.2 Å². The first-order chi connectivity index (χ1) is 11.0. The molecule has 124 valence electrons. The first kappa shape index (κ1) is 16.6. The molecule has 0 radical (unpaired) electrons. The van der Waals surface area contributed by atoms with Gasteiger partial charge in [0.1, 0.15) is 5.82 Å². The van der Waals surface area contributed by atoms with Crippen molar-refractivity contribution in [2.45, 2.75) is 43.5 Å². The highest BCUT2D eigenvalue weighted by molar-refractivity contribution is 7.89. The number of halogens is 1. The Morgan fingerprint density at radius 1 is 1.13 bits per heavy atom. The molecule has 0 unspecified atom stereocenters. The fourth-order valence-corrected chi connectivity index (χ4v) is 5.91. The highest BCUT2D eigenvalue weighted by Gasteiger charge is 2.34. The van der Waals surface area contributed by atoms with Crippen molar-refractivity contribution in [2.24, 2.45) is 0 Å². The first-order valence-corrected chi connectivity index (χ1v) is 10.1. The van der Waals surface area contributed by atoms with Crippen LogP contribution in [-0.2, 0) is 10.0 Å². The Balaban J connectivity index is 2.02. The zero-order valence-corrected chi connectivity index (χ0v) is 14.7. The lowest BCUT2D eigenvalue weighted by Gasteiger charge is -2.29. The summed E-state index contributed by atoms with van der Waals surface area (Å²) in [5.74, 6) is -0.425. The normalized spacial score (nSPS) is 20.3. The van der Waals surface area contributed by atoms with Crippen LogP contribution >= 0.6 is 11.3 Å². The van der Waals surface area contributed by atoms with Crippen LogP contribution in [0.25, 0.3) is 0 Å². The van der Waals surface area contributed by atoms with E-state index in [0.29, 0.717) is 6.54 Å². The molecule has 3 nitrogen and oxygen atoms in total. The molecular formula is C17H20FNO2S2. The van der Waals surface area contributed by atoms with Crippen LogP contribution in [0.5, 0.6) is 0 Å². The number of sulfonamides is 1. The second-order valence-corrected chi connectivity index (χ2v) is 8.74. The minimum absolute atomic E-state index is 0.118. The molecule has 2 aromatic rings. The van der Waals surface area contributed by atoms with E-state index in [4.69, 9.17) is 0 Å². The van der Waals surface area contributed by atoms with Crippen molar-refractivity contribution >= 4 is 21.4 Å². The van der Waals surface area contributed by atoms with Crippen LogP contribution in [0.15, 0.2) is 40.6 Å². The van der Waals surface area contributed by atoms with Crippen LogP contribution in [0.3, 0.4) is 0 Å². The molecule has 1 saturated heterocycles. The molecule has 0 bridgehead atoms. The highest BCUT2D eigenvalue weighted by Crippen LogP contribution is 2.38. The Hall–Kier alpha value is -1.24. The van der Waals surface area contributed by atoms with Crippen LogP contribution in [0.4, 0.5) is 4.39 Å². The lowest BCUT2D eigenvalue weighted by molar-refractivity contribution is 0.332. The monoisotopic (exact) mass is 353 g/mol. The van der Waals surface area contributed by atoms with E-state index in [1.54, 1.807) is 15.6 Å². The maximum absolute atomic E-state index is 13.1. The van der Waals surface area contributed by atoms with Gasteiger partial charge in [-0.25, -0.2) is 12.8 Å². The molecule has 1 aliphatic rings. The van der Waals surface area contributed by atoms with Gasteiger partial charge in [0.05, 0.1) is 10.9 Å². The van der Waals surface area contributed by atoms with E-state index in [1.807, 2.05) is 18.4 Å². The molecular weight excluding hydrogens is 333 g/mol. The minimum atomic E-state index is -3.62. The Morgan fingerprint density at radius 2 is 1.87 bits per heavy atom. The van der Waals surface area contributed by atoms with Crippen LogP contribution in [0.2, 0.25) is 0 Å².